The Bertz CT molecular complexity index is 688. The molecule has 1 spiro atoms. The van der Waals surface area contributed by atoms with E-state index in [0.29, 0.717) is 6.42 Å². The molecule has 4 rings (SSSR count). The van der Waals surface area contributed by atoms with Crippen molar-refractivity contribution in [2.45, 2.75) is 57.2 Å². The summed E-state index contributed by atoms with van der Waals surface area (Å²) in [4.78, 5) is 11.9. The second-order valence-corrected chi connectivity index (χ2v) is 8.30. The standard InChI is InChI=1S/C18H25BN2O3/c1-16(2)17(3,4)24-19(23-16)12-5-6-13-14(9-12)21-11-18(13)7-8-20-15(22)10-18/h5-6,9,21H,7-8,10-11H2,1-4H3,(H,20,22). The van der Waals surface area contributed by atoms with Gasteiger partial charge in [-0.2, -0.15) is 0 Å². The van der Waals surface area contributed by atoms with Crippen LogP contribution in [0.25, 0.3) is 0 Å². The van der Waals surface area contributed by atoms with Crippen LogP contribution in [0.15, 0.2) is 18.2 Å². The largest absolute Gasteiger partial charge is 0.494 e. The van der Waals surface area contributed by atoms with E-state index >= 15 is 0 Å². The van der Waals surface area contributed by atoms with Crippen molar-refractivity contribution in [1.82, 2.24) is 5.32 Å². The number of carbonyl (C=O) groups excluding carboxylic acids is 1. The Hall–Kier alpha value is -1.53. The summed E-state index contributed by atoms with van der Waals surface area (Å²) in [5, 5.41) is 6.43. The highest BCUT2D eigenvalue weighted by Crippen LogP contribution is 2.43. The maximum Gasteiger partial charge on any atom is 0.494 e. The zero-order chi connectivity index (χ0) is 17.2. The fraction of sp³-hybridized carbons (Fsp3) is 0.611. The van der Waals surface area contributed by atoms with Crippen molar-refractivity contribution >= 4 is 24.2 Å². The van der Waals surface area contributed by atoms with Gasteiger partial charge in [-0.3, -0.25) is 4.79 Å². The van der Waals surface area contributed by atoms with E-state index in [0.717, 1.165) is 30.7 Å². The molecule has 1 aromatic rings. The molecule has 2 saturated heterocycles. The van der Waals surface area contributed by atoms with E-state index in [1.807, 2.05) is 0 Å². The molecule has 0 aliphatic carbocycles. The van der Waals surface area contributed by atoms with Crippen LogP contribution in [0.1, 0.15) is 46.1 Å². The zero-order valence-corrected chi connectivity index (χ0v) is 14.9. The Balaban J connectivity index is 1.63. The second-order valence-electron chi connectivity index (χ2n) is 8.30. The van der Waals surface area contributed by atoms with E-state index < -0.39 is 0 Å². The maximum atomic E-state index is 11.9. The predicted molar refractivity (Wildman–Crippen MR) is 94.6 cm³/mol. The number of rotatable bonds is 1. The smallest absolute Gasteiger partial charge is 0.399 e. The SMILES string of the molecule is CC1(C)OB(c2ccc3c(c2)NCC32CCNC(=O)C2)OC1(C)C. The van der Waals surface area contributed by atoms with Gasteiger partial charge in [0.1, 0.15) is 0 Å². The third-order valence-corrected chi connectivity index (χ3v) is 6.18. The number of carbonyl (C=O) groups is 1. The third kappa shape index (κ3) is 2.27. The van der Waals surface area contributed by atoms with Gasteiger partial charge in [0.25, 0.3) is 0 Å². The molecule has 0 aromatic heterocycles. The van der Waals surface area contributed by atoms with Gasteiger partial charge in [-0.15, -0.1) is 0 Å². The Morgan fingerprint density at radius 2 is 1.79 bits per heavy atom. The lowest BCUT2D eigenvalue weighted by Gasteiger charge is -2.33. The fourth-order valence-corrected chi connectivity index (χ4v) is 3.94. The van der Waals surface area contributed by atoms with E-state index in [-0.39, 0.29) is 29.6 Å². The average molecular weight is 328 g/mol. The highest BCUT2D eigenvalue weighted by molar-refractivity contribution is 6.62. The van der Waals surface area contributed by atoms with Crippen molar-refractivity contribution in [3.05, 3.63) is 23.8 Å². The van der Waals surface area contributed by atoms with Gasteiger partial charge >= 0.3 is 7.12 Å². The van der Waals surface area contributed by atoms with Crippen LogP contribution in [0.5, 0.6) is 0 Å². The minimum Gasteiger partial charge on any atom is -0.399 e. The lowest BCUT2D eigenvalue weighted by molar-refractivity contribution is -0.123. The van der Waals surface area contributed by atoms with Crippen LogP contribution >= 0.6 is 0 Å². The first-order valence-electron chi connectivity index (χ1n) is 8.73. The van der Waals surface area contributed by atoms with Crippen LogP contribution in [0, 0.1) is 0 Å². The predicted octanol–water partition coefficient (Wildman–Crippen LogP) is 1.56. The number of hydrogen-bond acceptors (Lipinski definition) is 4. The molecule has 3 aliphatic rings. The summed E-state index contributed by atoms with van der Waals surface area (Å²) in [7, 11) is -0.353. The summed E-state index contributed by atoms with van der Waals surface area (Å²) < 4.78 is 12.3. The molecule has 0 bridgehead atoms. The van der Waals surface area contributed by atoms with Gasteiger partial charge in [0, 0.05) is 30.6 Å². The first kappa shape index (κ1) is 16.0. The minimum absolute atomic E-state index is 0.0634. The number of piperidine rings is 1. The number of amides is 1. The van der Waals surface area contributed by atoms with Crippen LogP contribution in [0.4, 0.5) is 5.69 Å². The van der Waals surface area contributed by atoms with Crippen LogP contribution in [-0.2, 0) is 19.5 Å². The van der Waals surface area contributed by atoms with E-state index in [1.54, 1.807) is 0 Å². The van der Waals surface area contributed by atoms with Crippen molar-refractivity contribution in [3.8, 4) is 0 Å². The Morgan fingerprint density at radius 3 is 2.46 bits per heavy atom. The summed E-state index contributed by atoms with van der Waals surface area (Å²) in [5.74, 6) is 0.144. The van der Waals surface area contributed by atoms with Gasteiger partial charge in [0.15, 0.2) is 0 Å². The molecule has 5 nitrogen and oxygen atoms in total. The van der Waals surface area contributed by atoms with Crippen molar-refractivity contribution in [2.75, 3.05) is 18.4 Å². The van der Waals surface area contributed by atoms with E-state index in [4.69, 9.17) is 9.31 Å². The van der Waals surface area contributed by atoms with Gasteiger partial charge in [0.2, 0.25) is 5.91 Å². The summed E-state index contributed by atoms with van der Waals surface area (Å²) in [6.45, 7) is 9.83. The van der Waals surface area contributed by atoms with Gasteiger partial charge in [-0.1, -0.05) is 12.1 Å². The summed E-state index contributed by atoms with van der Waals surface area (Å²) in [6, 6.07) is 6.36. The Morgan fingerprint density at radius 1 is 1.08 bits per heavy atom. The average Bonchev–Trinajstić information content (AvgIpc) is 2.94. The summed E-state index contributed by atoms with van der Waals surface area (Å²) in [6.07, 6.45) is 1.54. The highest BCUT2D eigenvalue weighted by Gasteiger charge is 2.52. The van der Waals surface area contributed by atoms with E-state index in [2.05, 4.69) is 56.5 Å². The number of fused-ring (bicyclic) bond motifs is 2. The normalized spacial score (nSPS) is 30.2. The van der Waals surface area contributed by atoms with E-state index in [9.17, 15) is 4.79 Å². The molecule has 6 heteroatoms. The molecule has 2 N–H and O–H groups in total. The van der Waals surface area contributed by atoms with E-state index in [1.165, 1.54) is 5.56 Å². The molecule has 24 heavy (non-hydrogen) atoms. The summed E-state index contributed by atoms with van der Waals surface area (Å²) in [5.41, 5.74) is 2.64. The molecule has 1 amide bonds. The summed E-state index contributed by atoms with van der Waals surface area (Å²) >= 11 is 0. The quantitative estimate of drug-likeness (QED) is 0.768. The van der Waals surface area contributed by atoms with Gasteiger partial charge in [0.05, 0.1) is 11.2 Å². The topological polar surface area (TPSA) is 59.6 Å². The zero-order valence-electron chi connectivity index (χ0n) is 14.9. The first-order chi connectivity index (χ1) is 11.2. The highest BCUT2D eigenvalue weighted by atomic mass is 16.7. The number of nitrogens with one attached hydrogen (secondary N) is 2. The van der Waals surface area contributed by atoms with Crippen molar-refractivity contribution in [2.24, 2.45) is 0 Å². The third-order valence-electron chi connectivity index (χ3n) is 6.18. The van der Waals surface area contributed by atoms with Crippen LogP contribution < -0.4 is 16.1 Å². The lowest BCUT2D eigenvalue weighted by Crippen LogP contribution is -2.44. The molecule has 1 atom stereocenters. The lowest BCUT2D eigenvalue weighted by atomic mass is 9.72. The maximum absolute atomic E-state index is 11.9. The molecular weight excluding hydrogens is 303 g/mol. The molecular formula is C18H25BN2O3. The molecule has 3 aliphatic heterocycles. The van der Waals surface area contributed by atoms with Gasteiger partial charge in [-0.05, 0) is 51.2 Å². The second kappa shape index (κ2) is 4.99. The molecule has 0 radical (unpaired) electrons. The van der Waals surface area contributed by atoms with Crippen LogP contribution in [0.3, 0.4) is 0 Å². The number of anilines is 1. The van der Waals surface area contributed by atoms with Gasteiger partial charge in [-0.25, -0.2) is 0 Å². The van der Waals surface area contributed by atoms with Crippen molar-refractivity contribution < 1.29 is 14.1 Å². The molecule has 128 valence electrons. The molecule has 1 unspecified atom stereocenters. The molecule has 0 saturated carbocycles. The molecule has 3 heterocycles. The Kier molecular flexibility index (Phi) is 3.32. The number of hydrogen-bond donors (Lipinski definition) is 2. The minimum atomic E-state index is -0.353. The first-order valence-corrected chi connectivity index (χ1v) is 8.73. The number of benzene rings is 1. The van der Waals surface area contributed by atoms with Crippen LogP contribution in [-0.4, -0.2) is 37.3 Å². The fourth-order valence-electron chi connectivity index (χ4n) is 3.94. The van der Waals surface area contributed by atoms with Gasteiger partial charge < -0.3 is 19.9 Å². The monoisotopic (exact) mass is 328 g/mol. The van der Waals surface area contributed by atoms with Crippen molar-refractivity contribution in [3.63, 3.8) is 0 Å². The van der Waals surface area contributed by atoms with Crippen molar-refractivity contribution in [1.29, 1.82) is 0 Å². The Labute approximate surface area is 143 Å². The molecule has 1 aromatic carbocycles. The van der Waals surface area contributed by atoms with Crippen LogP contribution in [0.2, 0.25) is 0 Å². The molecule has 2 fully saturated rings.